The number of carboxylic acids is 1. The number of nitrogens with zero attached hydrogens (tertiary/aromatic N) is 4. The lowest BCUT2D eigenvalue weighted by Crippen LogP contribution is -2.05. The first-order valence-electron chi connectivity index (χ1n) is 9.65. The molecule has 9 heteroatoms. The van der Waals surface area contributed by atoms with Gasteiger partial charge >= 0.3 is 5.97 Å². The van der Waals surface area contributed by atoms with E-state index in [1.54, 1.807) is 30.6 Å². The van der Waals surface area contributed by atoms with Gasteiger partial charge in [0.05, 0.1) is 18.2 Å². The molecule has 0 aliphatic rings. The molecule has 0 radical (unpaired) electrons. The van der Waals surface area contributed by atoms with Gasteiger partial charge in [0.2, 0.25) is 11.5 Å². The summed E-state index contributed by atoms with van der Waals surface area (Å²) in [5.41, 5.74) is 2.99. The summed E-state index contributed by atoms with van der Waals surface area (Å²) in [5, 5.41) is 13.9. The molecule has 0 aliphatic heterocycles. The van der Waals surface area contributed by atoms with Gasteiger partial charge in [-0.05, 0) is 50.1 Å². The number of aryl methyl sites for hydroxylation is 1. The number of aromatic amines is 1. The molecule has 0 spiro atoms. The Morgan fingerprint density at radius 1 is 1.35 bits per heavy atom. The zero-order valence-corrected chi connectivity index (χ0v) is 16.9. The molecule has 4 aromatic rings. The zero-order valence-electron chi connectivity index (χ0n) is 16.9. The van der Waals surface area contributed by atoms with E-state index in [0.717, 1.165) is 10.9 Å². The molecule has 0 atom stereocenters. The Kier molecular flexibility index (Phi) is 5.37. The van der Waals surface area contributed by atoms with E-state index >= 15 is 0 Å². The standard InChI is InChI=1S/C22H19N5O4/c1-12(2)30-17-6-4-13(10-16(17)23-3)22-26-21(27-31-22)20-19-15(8-9-24-19)14(11-25-20)5-7-18(28)29/h4,6,8-12,24H,5,7H2,1-2H3,(H,28,29). The van der Waals surface area contributed by atoms with E-state index in [0.29, 0.717) is 40.5 Å². The Balaban J connectivity index is 1.68. The van der Waals surface area contributed by atoms with Gasteiger partial charge < -0.3 is 19.4 Å². The first kappa shape index (κ1) is 20.1. The van der Waals surface area contributed by atoms with E-state index in [2.05, 4.69) is 25.0 Å². The molecule has 0 saturated carbocycles. The number of aromatic nitrogens is 4. The Hall–Kier alpha value is -4.19. The Morgan fingerprint density at radius 2 is 2.19 bits per heavy atom. The lowest BCUT2D eigenvalue weighted by molar-refractivity contribution is -0.136. The number of pyridine rings is 1. The van der Waals surface area contributed by atoms with E-state index in [4.69, 9.17) is 20.9 Å². The molecule has 2 N–H and O–H groups in total. The van der Waals surface area contributed by atoms with Crippen molar-refractivity contribution in [1.82, 2.24) is 20.1 Å². The number of aliphatic carboxylic acids is 1. The molecule has 156 valence electrons. The third-order valence-corrected chi connectivity index (χ3v) is 4.61. The van der Waals surface area contributed by atoms with Crippen molar-refractivity contribution < 1.29 is 19.2 Å². The summed E-state index contributed by atoms with van der Waals surface area (Å²) in [6.07, 6.45) is 3.75. The zero-order chi connectivity index (χ0) is 22.0. The molecule has 0 unspecified atom stereocenters. The van der Waals surface area contributed by atoms with Gasteiger partial charge in [-0.15, -0.1) is 0 Å². The Labute approximate surface area is 177 Å². The largest absolute Gasteiger partial charge is 0.502 e. The second-order valence-electron chi connectivity index (χ2n) is 7.18. The number of ether oxygens (including phenoxy) is 1. The second-order valence-corrected chi connectivity index (χ2v) is 7.18. The normalized spacial score (nSPS) is 11.0. The fourth-order valence-electron chi connectivity index (χ4n) is 3.25. The fourth-order valence-corrected chi connectivity index (χ4v) is 3.25. The van der Waals surface area contributed by atoms with Crippen molar-refractivity contribution in [3.63, 3.8) is 0 Å². The summed E-state index contributed by atoms with van der Waals surface area (Å²) >= 11 is 0. The third-order valence-electron chi connectivity index (χ3n) is 4.61. The van der Waals surface area contributed by atoms with E-state index in [9.17, 15) is 4.79 Å². The minimum atomic E-state index is -0.862. The number of benzene rings is 1. The second kappa shape index (κ2) is 8.28. The van der Waals surface area contributed by atoms with Gasteiger partial charge in [-0.3, -0.25) is 9.78 Å². The Morgan fingerprint density at radius 3 is 2.94 bits per heavy atom. The molecule has 3 heterocycles. The maximum atomic E-state index is 10.9. The summed E-state index contributed by atoms with van der Waals surface area (Å²) in [7, 11) is 0. The van der Waals surface area contributed by atoms with Crippen molar-refractivity contribution in [2.45, 2.75) is 32.8 Å². The van der Waals surface area contributed by atoms with Crippen LogP contribution in [-0.2, 0) is 11.2 Å². The molecular formula is C22H19N5O4. The van der Waals surface area contributed by atoms with Gasteiger partial charge in [-0.25, -0.2) is 4.85 Å². The predicted octanol–water partition coefficient (Wildman–Crippen LogP) is 4.64. The van der Waals surface area contributed by atoms with Crippen molar-refractivity contribution in [3.05, 3.63) is 53.6 Å². The summed E-state index contributed by atoms with van der Waals surface area (Å²) < 4.78 is 11.1. The number of carboxylic acid groups (broad SMARTS) is 1. The molecule has 1 aromatic carbocycles. The summed E-state index contributed by atoms with van der Waals surface area (Å²) in [4.78, 5) is 26.4. The van der Waals surface area contributed by atoms with Crippen LogP contribution in [0.25, 0.3) is 38.7 Å². The van der Waals surface area contributed by atoms with Crippen LogP contribution in [0.3, 0.4) is 0 Å². The lowest BCUT2D eigenvalue weighted by atomic mass is 10.1. The summed E-state index contributed by atoms with van der Waals surface area (Å²) in [5.74, 6) is 0.186. The fraction of sp³-hybridized carbons (Fsp3) is 0.227. The molecule has 0 fully saturated rings. The topological polar surface area (TPSA) is 118 Å². The smallest absolute Gasteiger partial charge is 0.303 e. The maximum Gasteiger partial charge on any atom is 0.303 e. The van der Waals surface area contributed by atoms with Crippen molar-refractivity contribution in [2.75, 3.05) is 0 Å². The van der Waals surface area contributed by atoms with Crippen LogP contribution in [0.4, 0.5) is 5.69 Å². The molecule has 9 nitrogen and oxygen atoms in total. The van der Waals surface area contributed by atoms with Crippen LogP contribution in [0, 0.1) is 6.57 Å². The molecule has 0 amide bonds. The minimum Gasteiger partial charge on any atom is -0.502 e. The highest BCUT2D eigenvalue weighted by Gasteiger charge is 2.18. The van der Waals surface area contributed by atoms with Gasteiger partial charge in [0.25, 0.3) is 5.89 Å². The molecule has 4 rings (SSSR count). The molecule has 0 bridgehead atoms. The number of hydrogen-bond donors (Lipinski definition) is 2. The number of fused-ring (bicyclic) bond motifs is 1. The van der Waals surface area contributed by atoms with Gasteiger partial charge in [-0.1, -0.05) is 5.16 Å². The van der Waals surface area contributed by atoms with Gasteiger partial charge in [-0.2, -0.15) is 4.98 Å². The van der Waals surface area contributed by atoms with E-state index < -0.39 is 5.97 Å². The van der Waals surface area contributed by atoms with Crippen LogP contribution in [-0.4, -0.2) is 37.3 Å². The van der Waals surface area contributed by atoms with Gasteiger partial charge in [0.15, 0.2) is 0 Å². The van der Waals surface area contributed by atoms with Crippen LogP contribution >= 0.6 is 0 Å². The first-order chi connectivity index (χ1) is 15.0. The van der Waals surface area contributed by atoms with Crippen LogP contribution < -0.4 is 4.74 Å². The molecule has 31 heavy (non-hydrogen) atoms. The third kappa shape index (κ3) is 4.09. The lowest BCUT2D eigenvalue weighted by Gasteiger charge is -2.11. The van der Waals surface area contributed by atoms with Crippen LogP contribution in [0.1, 0.15) is 25.8 Å². The maximum absolute atomic E-state index is 10.9. The number of carbonyl (C=O) groups is 1. The number of hydrogen-bond acceptors (Lipinski definition) is 6. The molecule has 3 aromatic heterocycles. The quantitative estimate of drug-likeness (QED) is 0.421. The number of H-pyrrole nitrogens is 1. The van der Waals surface area contributed by atoms with E-state index in [-0.39, 0.29) is 18.4 Å². The summed E-state index contributed by atoms with van der Waals surface area (Å²) in [6.45, 7) is 11.2. The average molecular weight is 417 g/mol. The number of rotatable bonds is 7. The molecular weight excluding hydrogens is 398 g/mol. The minimum absolute atomic E-state index is 0.0214. The van der Waals surface area contributed by atoms with Gasteiger partial charge in [0, 0.05) is 29.8 Å². The monoisotopic (exact) mass is 417 g/mol. The van der Waals surface area contributed by atoms with Gasteiger partial charge in [0.1, 0.15) is 11.4 Å². The highest BCUT2D eigenvalue weighted by molar-refractivity contribution is 5.92. The highest BCUT2D eigenvalue weighted by atomic mass is 16.5. The number of nitrogens with one attached hydrogen (secondary N) is 1. The van der Waals surface area contributed by atoms with Crippen LogP contribution in [0.5, 0.6) is 5.75 Å². The van der Waals surface area contributed by atoms with Crippen molar-refractivity contribution in [2.24, 2.45) is 0 Å². The van der Waals surface area contributed by atoms with Crippen LogP contribution in [0.2, 0.25) is 0 Å². The SMILES string of the molecule is [C-]#[N+]c1cc(-c2nc(-c3ncc(CCC(=O)O)c4cc[nH]c34)no2)ccc1OC(C)C. The van der Waals surface area contributed by atoms with Crippen molar-refractivity contribution in [1.29, 1.82) is 0 Å². The predicted molar refractivity (Wildman–Crippen MR) is 113 cm³/mol. The van der Waals surface area contributed by atoms with E-state index in [1.165, 1.54) is 0 Å². The Bertz CT molecular complexity index is 1300. The summed E-state index contributed by atoms with van der Waals surface area (Å²) in [6, 6.07) is 6.99. The van der Waals surface area contributed by atoms with Crippen LogP contribution in [0.15, 0.2) is 41.2 Å². The molecule has 0 aliphatic carbocycles. The average Bonchev–Trinajstić information content (AvgIpc) is 3.42. The highest BCUT2D eigenvalue weighted by Crippen LogP contribution is 2.34. The van der Waals surface area contributed by atoms with Crippen molar-refractivity contribution in [3.8, 4) is 28.7 Å². The molecule has 0 saturated heterocycles. The van der Waals surface area contributed by atoms with Crippen molar-refractivity contribution >= 4 is 22.6 Å². The first-order valence-corrected chi connectivity index (χ1v) is 9.65. The van der Waals surface area contributed by atoms with E-state index in [1.807, 2.05) is 19.9 Å².